The Balaban J connectivity index is 2.56. The maximum absolute atomic E-state index is 11.6. The van der Waals surface area contributed by atoms with Crippen LogP contribution in [0.2, 0.25) is 0 Å². The summed E-state index contributed by atoms with van der Waals surface area (Å²) in [5.41, 5.74) is 4.74. The smallest absolute Gasteiger partial charge is 0.407 e. The van der Waals surface area contributed by atoms with E-state index in [2.05, 4.69) is 11.9 Å². The Morgan fingerprint density at radius 1 is 1.50 bits per heavy atom. The second-order valence-corrected chi connectivity index (χ2v) is 6.59. The number of aldehydes is 1. The molecule has 1 aliphatic carbocycles. The minimum atomic E-state index is -0.897. The molecule has 0 aromatic rings. The molecule has 0 aromatic carbocycles. The van der Waals surface area contributed by atoms with Crippen molar-refractivity contribution >= 4 is 12.4 Å². The zero-order valence-electron chi connectivity index (χ0n) is 12.6. The van der Waals surface area contributed by atoms with Crippen LogP contribution in [0, 0.1) is 11.8 Å². The molecule has 0 saturated heterocycles. The van der Waals surface area contributed by atoms with Gasteiger partial charge in [-0.05, 0) is 46.0 Å². The standard InChI is InChI=1S/C15H26N2O3/c1-5-11-6-7-12(15(16,8-11)10-18)9-17-13(19)20-14(2,3)4/h5,10-12H,1,6-9,16H2,2-4H3,(H,17,19)/t11-,12+,15+/m1/s1. The number of rotatable bonds is 4. The Hall–Kier alpha value is -1.36. The van der Waals surface area contributed by atoms with Crippen molar-refractivity contribution in [2.75, 3.05) is 6.54 Å². The molecule has 0 unspecified atom stereocenters. The van der Waals surface area contributed by atoms with E-state index in [1.54, 1.807) is 20.8 Å². The molecule has 0 aromatic heterocycles. The van der Waals surface area contributed by atoms with E-state index < -0.39 is 17.2 Å². The molecule has 1 aliphatic rings. The van der Waals surface area contributed by atoms with Crippen LogP contribution >= 0.6 is 0 Å². The van der Waals surface area contributed by atoms with Crippen molar-refractivity contribution < 1.29 is 14.3 Å². The predicted octanol–water partition coefficient (Wildman–Crippen LogP) is 2.01. The minimum absolute atomic E-state index is 0.0660. The van der Waals surface area contributed by atoms with Crippen LogP contribution in [0.15, 0.2) is 12.7 Å². The molecule has 114 valence electrons. The Bertz CT molecular complexity index is 376. The van der Waals surface area contributed by atoms with Gasteiger partial charge in [-0.25, -0.2) is 4.79 Å². The number of allylic oxidation sites excluding steroid dienone is 1. The molecule has 0 aliphatic heterocycles. The molecule has 3 N–H and O–H groups in total. The van der Waals surface area contributed by atoms with Gasteiger partial charge >= 0.3 is 6.09 Å². The van der Waals surface area contributed by atoms with Gasteiger partial charge in [0.1, 0.15) is 11.9 Å². The van der Waals surface area contributed by atoms with E-state index in [4.69, 9.17) is 10.5 Å². The van der Waals surface area contributed by atoms with Crippen molar-refractivity contribution in [3.63, 3.8) is 0 Å². The van der Waals surface area contributed by atoms with Crippen LogP contribution in [0.5, 0.6) is 0 Å². The van der Waals surface area contributed by atoms with Gasteiger partial charge in [0.05, 0.1) is 5.54 Å². The molecule has 1 fully saturated rings. The summed E-state index contributed by atoms with van der Waals surface area (Å²) in [5.74, 6) is 0.201. The van der Waals surface area contributed by atoms with Gasteiger partial charge in [0, 0.05) is 12.5 Å². The minimum Gasteiger partial charge on any atom is -0.444 e. The third-order valence-electron chi connectivity index (χ3n) is 3.71. The molecule has 20 heavy (non-hydrogen) atoms. The number of alkyl carbamates (subject to hydrolysis) is 1. The average molecular weight is 282 g/mol. The highest BCUT2D eigenvalue weighted by molar-refractivity contribution is 5.68. The summed E-state index contributed by atoms with van der Waals surface area (Å²) in [7, 11) is 0. The lowest BCUT2D eigenvalue weighted by Gasteiger charge is -2.40. The second kappa shape index (κ2) is 6.39. The molecule has 0 heterocycles. The molecule has 0 radical (unpaired) electrons. The zero-order valence-corrected chi connectivity index (χ0v) is 12.6. The Morgan fingerprint density at radius 3 is 2.65 bits per heavy atom. The molecule has 0 spiro atoms. The van der Waals surface area contributed by atoms with E-state index in [9.17, 15) is 9.59 Å². The van der Waals surface area contributed by atoms with Gasteiger partial charge in [-0.1, -0.05) is 6.08 Å². The molecule has 1 amide bonds. The maximum Gasteiger partial charge on any atom is 0.407 e. The SMILES string of the molecule is C=C[C@@H]1CC[C@@H](CNC(=O)OC(C)(C)C)[C@@](N)(C=O)C1. The molecular formula is C15H26N2O3. The fraction of sp³-hybridized carbons (Fsp3) is 0.733. The maximum atomic E-state index is 11.6. The number of amides is 1. The Kier molecular flexibility index (Phi) is 5.34. The monoisotopic (exact) mass is 282 g/mol. The zero-order chi connectivity index (χ0) is 15.4. The van der Waals surface area contributed by atoms with Crippen molar-refractivity contribution in [2.24, 2.45) is 17.6 Å². The molecule has 0 bridgehead atoms. The first-order valence-corrected chi connectivity index (χ1v) is 7.05. The van der Waals surface area contributed by atoms with Crippen LogP contribution in [0.25, 0.3) is 0 Å². The van der Waals surface area contributed by atoms with E-state index in [-0.39, 0.29) is 11.8 Å². The topological polar surface area (TPSA) is 81.4 Å². The first-order valence-electron chi connectivity index (χ1n) is 7.05. The van der Waals surface area contributed by atoms with E-state index in [0.717, 1.165) is 19.1 Å². The quantitative estimate of drug-likeness (QED) is 0.610. The number of nitrogens with two attached hydrogens (primary N) is 1. The van der Waals surface area contributed by atoms with Crippen LogP contribution in [0.3, 0.4) is 0 Å². The third kappa shape index (κ3) is 4.63. The van der Waals surface area contributed by atoms with Crippen LogP contribution in [0.4, 0.5) is 4.79 Å². The van der Waals surface area contributed by atoms with E-state index in [1.807, 2.05) is 6.08 Å². The number of hydrogen-bond acceptors (Lipinski definition) is 4. The van der Waals surface area contributed by atoms with Crippen molar-refractivity contribution in [3.05, 3.63) is 12.7 Å². The van der Waals surface area contributed by atoms with Gasteiger partial charge in [-0.3, -0.25) is 0 Å². The van der Waals surface area contributed by atoms with Crippen LogP contribution in [-0.4, -0.2) is 30.1 Å². The summed E-state index contributed by atoms with van der Waals surface area (Å²) >= 11 is 0. The van der Waals surface area contributed by atoms with Crippen LogP contribution in [-0.2, 0) is 9.53 Å². The lowest BCUT2D eigenvalue weighted by molar-refractivity contribution is -0.115. The lowest BCUT2D eigenvalue weighted by atomic mass is 9.69. The van der Waals surface area contributed by atoms with Crippen molar-refractivity contribution in [2.45, 2.75) is 51.2 Å². The normalized spacial score (nSPS) is 30.4. The fourth-order valence-electron chi connectivity index (χ4n) is 2.57. The number of ether oxygens (including phenoxy) is 1. The average Bonchev–Trinajstić information content (AvgIpc) is 2.35. The van der Waals surface area contributed by atoms with Gasteiger partial charge in [-0.15, -0.1) is 6.58 Å². The molecule has 3 atom stereocenters. The van der Waals surface area contributed by atoms with E-state index >= 15 is 0 Å². The second-order valence-electron chi connectivity index (χ2n) is 6.59. The van der Waals surface area contributed by atoms with Gasteiger partial charge in [0.15, 0.2) is 0 Å². The highest BCUT2D eigenvalue weighted by Crippen LogP contribution is 2.34. The summed E-state index contributed by atoms with van der Waals surface area (Å²) in [6.45, 7) is 9.54. The molecule has 1 saturated carbocycles. The van der Waals surface area contributed by atoms with Gasteiger partial charge in [0.2, 0.25) is 0 Å². The Morgan fingerprint density at radius 2 is 2.15 bits per heavy atom. The summed E-state index contributed by atoms with van der Waals surface area (Å²) in [5, 5.41) is 2.71. The lowest BCUT2D eigenvalue weighted by Crippen LogP contribution is -2.56. The third-order valence-corrected chi connectivity index (χ3v) is 3.71. The van der Waals surface area contributed by atoms with Gasteiger partial charge < -0.3 is 20.6 Å². The Labute approximate surface area is 120 Å². The summed E-state index contributed by atoms with van der Waals surface area (Å²) in [6, 6.07) is 0. The first-order chi connectivity index (χ1) is 9.20. The molecule has 5 heteroatoms. The van der Waals surface area contributed by atoms with Crippen molar-refractivity contribution in [1.29, 1.82) is 0 Å². The summed E-state index contributed by atoms with van der Waals surface area (Å²) < 4.78 is 5.18. The fourth-order valence-corrected chi connectivity index (χ4v) is 2.57. The number of carbonyl (C=O) groups excluding carboxylic acids is 2. The van der Waals surface area contributed by atoms with E-state index in [0.29, 0.717) is 13.0 Å². The number of carbonyl (C=O) groups is 2. The van der Waals surface area contributed by atoms with Gasteiger partial charge in [0.25, 0.3) is 0 Å². The van der Waals surface area contributed by atoms with E-state index in [1.165, 1.54) is 0 Å². The molecular weight excluding hydrogens is 256 g/mol. The molecule has 1 rings (SSSR count). The molecule has 5 nitrogen and oxygen atoms in total. The summed E-state index contributed by atoms with van der Waals surface area (Å²) in [6.07, 6.45) is 4.50. The van der Waals surface area contributed by atoms with Crippen LogP contribution in [0.1, 0.15) is 40.0 Å². The van der Waals surface area contributed by atoms with Gasteiger partial charge in [-0.2, -0.15) is 0 Å². The number of hydrogen-bond donors (Lipinski definition) is 2. The predicted molar refractivity (Wildman–Crippen MR) is 78.2 cm³/mol. The van der Waals surface area contributed by atoms with Crippen molar-refractivity contribution in [3.8, 4) is 0 Å². The van der Waals surface area contributed by atoms with Crippen LogP contribution < -0.4 is 11.1 Å². The largest absolute Gasteiger partial charge is 0.444 e. The first kappa shape index (κ1) is 16.7. The summed E-state index contributed by atoms with van der Waals surface area (Å²) in [4.78, 5) is 23.0. The highest BCUT2D eigenvalue weighted by Gasteiger charge is 2.40. The highest BCUT2D eigenvalue weighted by atomic mass is 16.6. The number of nitrogens with one attached hydrogen (secondary N) is 1. The van der Waals surface area contributed by atoms with Crippen molar-refractivity contribution in [1.82, 2.24) is 5.32 Å².